The van der Waals surface area contributed by atoms with Crippen LogP contribution in [0.5, 0.6) is 0 Å². The molecule has 0 aliphatic heterocycles. The smallest absolute Gasteiger partial charge is 0.381 e. The Hall–Kier alpha value is -2.15. The van der Waals surface area contributed by atoms with E-state index in [0.717, 1.165) is 17.8 Å². The fraction of sp³-hybridized carbons (Fsp3) is 0.286. The molecule has 21 heavy (non-hydrogen) atoms. The first-order valence-electron chi connectivity index (χ1n) is 6.37. The standard InChI is InChI=1S/C14H15F3N4/c1-9-12(19-7-6-18)8-20-13(21-9)10-2-4-11(5-3-10)14(15,16)17/h2-5,8,19H,6-7,18H2,1H3. The first-order chi connectivity index (χ1) is 9.91. The Morgan fingerprint density at radius 1 is 1.19 bits per heavy atom. The maximum Gasteiger partial charge on any atom is 0.416 e. The molecule has 0 atom stereocenters. The number of alkyl halides is 3. The Morgan fingerprint density at radius 3 is 2.38 bits per heavy atom. The number of hydrogen-bond donors (Lipinski definition) is 2. The van der Waals surface area contributed by atoms with Gasteiger partial charge in [-0.05, 0) is 19.1 Å². The number of aryl methyl sites for hydroxylation is 1. The normalized spacial score (nSPS) is 11.5. The molecule has 0 unspecified atom stereocenters. The predicted octanol–water partition coefficient (Wildman–Crippen LogP) is 2.84. The molecule has 0 bridgehead atoms. The molecule has 112 valence electrons. The van der Waals surface area contributed by atoms with E-state index in [1.807, 2.05) is 0 Å². The van der Waals surface area contributed by atoms with Crippen molar-refractivity contribution < 1.29 is 13.2 Å². The number of anilines is 1. The molecule has 0 saturated heterocycles. The molecule has 0 spiro atoms. The Kier molecular flexibility index (Phi) is 4.42. The van der Waals surface area contributed by atoms with Gasteiger partial charge in [-0.15, -0.1) is 0 Å². The van der Waals surface area contributed by atoms with Gasteiger partial charge in [0.2, 0.25) is 0 Å². The Balaban J connectivity index is 2.24. The van der Waals surface area contributed by atoms with Gasteiger partial charge in [0, 0.05) is 18.7 Å². The van der Waals surface area contributed by atoms with Gasteiger partial charge in [0.1, 0.15) is 0 Å². The summed E-state index contributed by atoms with van der Waals surface area (Å²) < 4.78 is 37.5. The van der Waals surface area contributed by atoms with Crippen molar-refractivity contribution in [3.63, 3.8) is 0 Å². The van der Waals surface area contributed by atoms with Crippen LogP contribution >= 0.6 is 0 Å². The number of benzene rings is 1. The highest BCUT2D eigenvalue weighted by Gasteiger charge is 2.30. The van der Waals surface area contributed by atoms with Crippen molar-refractivity contribution in [2.24, 2.45) is 5.73 Å². The quantitative estimate of drug-likeness (QED) is 0.910. The molecule has 0 fully saturated rings. The zero-order valence-corrected chi connectivity index (χ0v) is 11.4. The highest BCUT2D eigenvalue weighted by atomic mass is 19.4. The average Bonchev–Trinajstić information content (AvgIpc) is 2.45. The van der Waals surface area contributed by atoms with Crippen LogP contribution < -0.4 is 11.1 Å². The summed E-state index contributed by atoms with van der Waals surface area (Å²) in [5, 5.41) is 3.07. The van der Waals surface area contributed by atoms with Gasteiger partial charge in [-0.1, -0.05) is 12.1 Å². The van der Waals surface area contributed by atoms with Crippen LogP contribution in [0.2, 0.25) is 0 Å². The summed E-state index contributed by atoms with van der Waals surface area (Å²) in [5.74, 6) is 0.388. The lowest BCUT2D eigenvalue weighted by Crippen LogP contribution is -2.14. The van der Waals surface area contributed by atoms with Gasteiger partial charge in [0.15, 0.2) is 5.82 Å². The molecule has 0 amide bonds. The molecule has 2 aromatic rings. The van der Waals surface area contributed by atoms with Gasteiger partial charge in [-0.2, -0.15) is 13.2 Å². The van der Waals surface area contributed by atoms with Gasteiger partial charge in [0.25, 0.3) is 0 Å². The number of hydrogen-bond acceptors (Lipinski definition) is 4. The molecule has 0 aliphatic rings. The van der Waals surface area contributed by atoms with Crippen molar-refractivity contribution >= 4 is 5.69 Å². The summed E-state index contributed by atoms with van der Waals surface area (Å²) in [6.07, 6.45) is -2.74. The van der Waals surface area contributed by atoms with E-state index in [2.05, 4.69) is 15.3 Å². The van der Waals surface area contributed by atoms with E-state index >= 15 is 0 Å². The maximum absolute atomic E-state index is 12.5. The molecule has 3 N–H and O–H groups in total. The van der Waals surface area contributed by atoms with Crippen LogP contribution in [0.3, 0.4) is 0 Å². The van der Waals surface area contributed by atoms with Crippen molar-refractivity contribution in [3.8, 4) is 11.4 Å². The molecule has 1 aromatic heterocycles. The van der Waals surface area contributed by atoms with Crippen molar-refractivity contribution in [1.29, 1.82) is 0 Å². The minimum absolute atomic E-state index is 0.388. The van der Waals surface area contributed by atoms with Crippen LogP contribution in [0.15, 0.2) is 30.5 Å². The Bertz CT molecular complexity index is 609. The van der Waals surface area contributed by atoms with Crippen molar-refractivity contribution in [3.05, 3.63) is 41.7 Å². The number of aromatic nitrogens is 2. The van der Waals surface area contributed by atoms with E-state index in [1.165, 1.54) is 12.1 Å². The van der Waals surface area contributed by atoms with Gasteiger partial charge in [0.05, 0.1) is 23.1 Å². The maximum atomic E-state index is 12.5. The predicted molar refractivity (Wildman–Crippen MR) is 74.8 cm³/mol. The molecule has 1 heterocycles. The van der Waals surface area contributed by atoms with E-state index in [4.69, 9.17) is 5.73 Å². The Morgan fingerprint density at radius 2 is 1.86 bits per heavy atom. The second-order valence-electron chi connectivity index (χ2n) is 4.48. The minimum atomic E-state index is -4.34. The molecule has 7 heteroatoms. The van der Waals surface area contributed by atoms with E-state index in [-0.39, 0.29) is 0 Å². The topological polar surface area (TPSA) is 63.8 Å². The number of nitrogens with zero attached hydrogens (tertiary/aromatic N) is 2. The van der Waals surface area contributed by atoms with Crippen LogP contribution in [-0.4, -0.2) is 23.1 Å². The van der Waals surface area contributed by atoms with Crippen LogP contribution in [0.25, 0.3) is 11.4 Å². The van der Waals surface area contributed by atoms with Crippen molar-refractivity contribution in [1.82, 2.24) is 9.97 Å². The van der Waals surface area contributed by atoms with Crippen LogP contribution in [0, 0.1) is 6.92 Å². The fourth-order valence-corrected chi connectivity index (χ4v) is 1.79. The summed E-state index contributed by atoms with van der Waals surface area (Å²) in [4.78, 5) is 8.45. The van der Waals surface area contributed by atoms with E-state index < -0.39 is 11.7 Å². The third-order valence-electron chi connectivity index (χ3n) is 2.91. The number of nitrogens with one attached hydrogen (secondary N) is 1. The molecule has 0 aliphatic carbocycles. The Labute approximate surface area is 120 Å². The first kappa shape index (κ1) is 15.2. The first-order valence-corrected chi connectivity index (χ1v) is 6.37. The van der Waals surface area contributed by atoms with E-state index in [0.29, 0.717) is 30.2 Å². The van der Waals surface area contributed by atoms with Crippen LogP contribution in [0.4, 0.5) is 18.9 Å². The molecule has 0 saturated carbocycles. The minimum Gasteiger partial charge on any atom is -0.381 e. The third-order valence-corrected chi connectivity index (χ3v) is 2.91. The number of rotatable bonds is 4. The lowest BCUT2D eigenvalue weighted by molar-refractivity contribution is -0.137. The second kappa shape index (κ2) is 6.09. The van der Waals surface area contributed by atoms with Gasteiger partial charge in [-0.25, -0.2) is 9.97 Å². The summed E-state index contributed by atoms with van der Waals surface area (Å²) in [6, 6.07) is 4.78. The van der Waals surface area contributed by atoms with Crippen molar-refractivity contribution in [2.75, 3.05) is 18.4 Å². The van der Waals surface area contributed by atoms with Gasteiger partial charge < -0.3 is 11.1 Å². The largest absolute Gasteiger partial charge is 0.416 e. The monoisotopic (exact) mass is 296 g/mol. The van der Waals surface area contributed by atoms with E-state index in [1.54, 1.807) is 13.1 Å². The summed E-state index contributed by atoms with van der Waals surface area (Å²) in [7, 11) is 0. The molecule has 4 nitrogen and oxygen atoms in total. The summed E-state index contributed by atoms with van der Waals surface area (Å²) >= 11 is 0. The molecule has 0 radical (unpaired) electrons. The molecular formula is C14H15F3N4. The second-order valence-corrected chi connectivity index (χ2v) is 4.48. The van der Waals surface area contributed by atoms with Gasteiger partial charge in [-0.3, -0.25) is 0 Å². The summed E-state index contributed by atoms with van der Waals surface area (Å²) in [6.45, 7) is 2.89. The zero-order valence-electron chi connectivity index (χ0n) is 11.4. The molecular weight excluding hydrogens is 281 g/mol. The highest BCUT2D eigenvalue weighted by Crippen LogP contribution is 2.30. The molecule has 2 rings (SSSR count). The van der Waals surface area contributed by atoms with Crippen molar-refractivity contribution in [2.45, 2.75) is 13.1 Å². The van der Waals surface area contributed by atoms with Crippen LogP contribution in [0.1, 0.15) is 11.3 Å². The molecule has 1 aromatic carbocycles. The average molecular weight is 296 g/mol. The summed E-state index contributed by atoms with van der Waals surface area (Å²) in [5.41, 5.74) is 6.73. The lowest BCUT2D eigenvalue weighted by Gasteiger charge is -2.10. The number of nitrogens with two attached hydrogens (primary N) is 1. The van der Waals surface area contributed by atoms with E-state index in [9.17, 15) is 13.2 Å². The highest BCUT2D eigenvalue weighted by molar-refractivity contribution is 5.58. The lowest BCUT2D eigenvalue weighted by atomic mass is 10.1. The van der Waals surface area contributed by atoms with Gasteiger partial charge >= 0.3 is 6.18 Å². The SMILES string of the molecule is Cc1nc(-c2ccc(C(F)(F)F)cc2)ncc1NCCN. The fourth-order valence-electron chi connectivity index (χ4n) is 1.79. The third kappa shape index (κ3) is 3.69. The van der Waals surface area contributed by atoms with Crippen LogP contribution in [-0.2, 0) is 6.18 Å². The number of halogens is 3. The zero-order chi connectivity index (χ0) is 15.5.